The van der Waals surface area contributed by atoms with Gasteiger partial charge in [-0.05, 0) is 31.2 Å². The first-order valence-corrected chi connectivity index (χ1v) is 8.88. The Hall–Kier alpha value is -1.32. The predicted octanol–water partition coefficient (Wildman–Crippen LogP) is 4.91. The van der Waals surface area contributed by atoms with Crippen LogP contribution in [-0.2, 0) is 4.74 Å². The molecule has 1 saturated heterocycles. The zero-order valence-electron chi connectivity index (χ0n) is 14.9. The third kappa shape index (κ3) is 2.70. The van der Waals surface area contributed by atoms with Gasteiger partial charge < -0.3 is 14.4 Å². The number of rotatable bonds is 3. The summed E-state index contributed by atoms with van der Waals surface area (Å²) in [6, 6.07) is 8.30. The standard InChI is InChI=1S/C20H29NO2/c1-6-19-13(3)12(2)14(4)20(23-19)21-11-17(15(5)22)16-9-7-8-10-18(16)21/h7-15,19-20,22H,6H2,1-5H3/t12-,13?,14+,15?,19+,20+/m0/s1. The van der Waals surface area contributed by atoms with E-state index >= 15 is 0 Å². The molecule has 1 aromatic carbocycles. The van der Waals surface area contributed by atoms with E-state index in [1.54, 1.807) is 0 Å². The fourth-order valence-corrected chi connectivity index (χ4v) is 4.07. The average molecular weight is 315 g/mol. The van der Waals surface area contributed by atoms with Gasteiger partial charge in [0, 0.05) is 23.1 Å². The largest absolute Gasteiger partial charge is 0.389 e. The molecule has 0 bridgehead atoms. The summed E-state index contributed by atoms with van der Waals surface area (Å²) in [5.74, 6) is 1.62. The smallest absolute Gasteiger partial charge is 0.137 e. The van der Waals surface area contributed by atoms with Crippen molar-refractivity contribution < 1.29 is 9.84 Å². The summed E-state index contributed by atoms with van der Waals surface area (Å²) >= 11 is 0. The van der Waals surface area contributed by atoms with Crippen molar-refractivity contribution in [3.05, 3.63) is 36.0 Å². The molecule has 2 aromatic rings. The van der Waals surface area contributed by atoms with Gasteiger partial charge in [-0.25, -0.2) is 0 Å². The van der Waals surface area contributed by atoms with Crippen molar-refractivity contribution in [1.82, 2.24) is 4.57 Å². The topological polar surface area (TPSA) is 34.4 Å². The van der Waals surface area contributed by atoms with Gasteiger partial charge in [0.25, 0.3) is 0 Å². The van der Waals surface area contributed by atoms with E-state index in [9.17, 15) is 5.11 Å². The quantitative estimate of drug-likeness (QED) is 0.873. The number of para-hydroxylation sites is 1. The Labute approximate surface area is 139 Å². The Balaban J connectivity index is 2.09. The van der Waals surface area contributed by atoms with Crippen LogP contribution in [0.5, 0.6) is 0 Å². The molecule has 2 unspecified atom stereocenters. The maximum absolute atomic E-state index is 10.1. The molecule has 0 aliphatic carbocycles. The number of aromatic nitrogens is 1. The Bertz CT molecular complexity index is 673. The number of hydrogen-bond acceptors (Lipinski definition) is 2. The molecule has 0 saturated carbocycles. The van der Waals surface area contributed by atoms with Crippen LogP contribution in [0.2, 0.25) is 0 Å². The Kier molecular flexibility index (Phi) is 4.52. The molecule has 1 aromatic heterocycles. The van der Waals surface area contributed by atoms with E-state index in [1.165, 1.54) is 0 Å². The molecule has 1 aliphatic heterocycles. The van der Waals surface area contributed by atoms with Crippen LogP contribution in [0, 0.1) is 17.8 Å². The first kappa shape index (κ1) is 16.5. The summed E-state index contributed by atoms with van der Waals surface area (Å²) in [5, 5.41) is 11.3. The summed E-state index contributed by atoms with van der Waals surface area (Å²) in [7, 11) is 0. The maximum atomic E-state index is 10.1. The number of aliphatic hydroxyl groups is 1. The van der Waals surface area contributed by atoms with Gasteiger partial charge >= 0.3 is 0 Å². The molecule has 1 N–H and O–H groups in total. The molecule has 3 heteroatoms. The molecule has 1 fully saturated rings. The van der Waals surface area contributed by atoms with E-state index in [0.717, 1.165) is 22.9 Å². The minimum absolute atomic E-state index is 0.0311. The van der Waals surface area contributed by atoms with Crippen molar-refractivity contribution in [1.29, 1.82) is 0 Å². The number of benzene rings is 1. The van der Waals surface area contributed by atoms with E-state index in [4.69, 9.17) is 4.74 Å². The Morgan fingerprint density at radius 3 is 2.48 bits per heavy atom. The highest BCUT2D eigenvalue weighted by Gasteiger charge is 2.39. The number of hydrogen-bond donors (Lipinski definition) is 1. The lowest BCUT2D eigenvalue weighted by molar-refractivity contribution is -0.166. The monoisotopic (exact) mass is 315 g/mol. The van der Waals surface area contributed by atoms with E-state index in [-0.39, 0.29) is 6.23 Å². The second-order valence-electron chi connectivity index (χ2n) is 7.24. The molecule has 23 heavy (non-hydrogen) atoms. The van der Waals surface area contributed by atoms with Crippen molar-refractivity contribution in [2.24, 2.45) is 17.8 Å². The van der Waals surface area contributed by atoms with Gasteiger partial charge in [0.05, 0.1) is 17.7 Å². The highest BCUT2D eigenvalue weighted by Crippen LogP contribution is 2.43. The zero-order valence-corrected chi connectivity index (χ0v) is 14.9. The fourth-order valence-electron chi connectivity index (χ4n) is 4.07. The fraction of sp³-hybridized carbons (Fsp3) is 0.600. The van der Waals surface area contributed by atoms with Crippen LogP contribution in [0.4, 0.5) is 0 Å². The maximum Gasteiger partial charge on any atom is 0.137 e. The molecular weight excluding hydrogens is 286 g/mol. The van der Waals surface area contributed by atoms with Gasteiger partial charge in [-0.3, -0.25) is 0 Å². The van der Waals surface area contributed by atoms with Crippen LogP contribution in [0.1, 0.15) is 58.9 Å². The normalized spacial score (nSPS) is 33.0. The van der Waals surface area contributed by atoms with Gasteiger partial charge in [-0.2, -0.15) is 0 Å². The number of fused-ring (bicyclic) bond motifs is 1. The number of ether oxygens (including phenoxy) is 1. The van der Waals surface area contributed by atoms with E-state index in [0.29, 0.717) is 23.9 Å². The van der Waals surface area contributed by atoms with Crippen molar-refractivity contribution in [3.63, 3.8) is 0 Å². The highest BCUT2D eigenvalue weighted by atomic mass is 16.5. The molecule has 0 amide bonds. The Morgan fingerprint density at radius 1 is 1.13 bits per heavy atom. The third-order valence-electron chi connectivity index (χ3n) is 5.91. The molecule has 6 atom stereocenters. The van der Waals surface area contributed by atoms with Crippen LogP contribution in [0.15, 0.2) is 30.5 Å². The Morgan fingerprint density at radius 2 is 1.83 bits per heavy atom. The van der Waals surface area contributed by atoms with Crippen molar-refractivity contribution in [2.75, 3.05) is 0 Å². The van der Waals surface area contributed by atoms with Crippen molar-refractivity contribution in [2.45, 2.75) is 59.5 Å². The molecule has 3 nitrogen and oxygen atoms in total. The van der Waals surface area contributed by atoms with E-state index in [2.05, 4.69) is 56.7 Å². The van der Waals surface area contributed by atoms with Crippen LogP contribution < -0.4 is 0 Å². The van der Waals surface area contributed by atoms with Gasteiger partial charge in [0.2, 0.25) is 0 Å². The van der Waals surface area contributed by atoms with Crippen LogP contribution in [0.25, 0.3) is 10.9 Å². The first-order valence-electron chi connectivity index (χ1n) is 8.88. The van der Waals surface area contributed by atoms with Crippen LogP contribution in [0.3, 0.4) is 0 Å². The van der Waals surface area contributed by atoms with Gasteiger partial charge in [0.15, 0.2) is 0 Å². The second kappa shape index (κ2) is 6.29. The predicted molar refractivity (Wildman–Crippen MR) is 94.3 cm³/mol. The number of nitrogens with zero attached hydrogens (tertiary/aromatic N) is 1. The second-order valence-corrected chi connectivity index (χ2v) is 7.24. The first-order chi connectivity index (χ1) is 11.0. The van der Waals surface area contributed by atoms with Crippen molar-refractivity contribution >= 4 is 10.9 Å². The lowest BCUT2D eigenvalue weighted by atomic mass is 9.77. The van der Waals surface area contributed by atoms with Gasteiger partial charge in [0.1, 0.15) is 6.23 Å². The lowest BCUT2D eigenvalue weighted by Gasteiger charge is -2.44. The van der Waals surface area contributed by atoms with Gasteiger partial charge in [-0.1, -0.05) is 45.9 Å². The summed E-state index contributed by atoms with van der Waals surface area (Å²) in [6.45, 7) is 11.0. The summed E-state index contributed by atoms with van der Waals surface area (Å²) in [4.78, 5) is 0. The molecule has 3 rings (SSSR count). The lowest BCUT2D eigenvalue weighted by Crippen LogP contribution is -2.42. The number of aliphatic hydroxyl groups excluding tert-OH is 1. The summed E-state index contributed by atoms with van der Waals surface area (Å²) in [6.07, 6.45) is 2.98. The zero-order chi connectivity index (χ0) is 16.7. The van der Waals surface area contributed by atoms with Crippen LogP contribution in [-0.4, -0.2) is 15.8 Å². The minimum Gasteiger partial charge on any atom is -0.389 e. The molecule has 126 valence electrons. The van der Waals surface area contributed by atoms with Gasteiger partial charge in [-0.15, -0.1) is 0 Å². The van der Waals surface area contributed by atoms with E-state index in [1.807, 2.05) is 13.0 Å². The van der Waals surface area contributed by atoms with Crippen LogP contribution >= 0.6 is 0 Å². The molecule has 1 aliphatic rings. The summed E-state index contributed by atoms with van der Waals surface area (Å²) < 4.78 is 8.74. The van der Waals surface area contributed by atoms with Crippen molar-refractivity contribution in [3.8, 4) is 0 Å². The molecule has 0 spiro atoms. The minimum atomic E-state index is -0.474. The molecule has 2 heterocycles. The SMILES string of the molecule is CC[C@H]1O[C@@H](n2cc(C(C)O)c3ccccc32)[C@H](C)[C@@H](C)C1C. The molecule has 0 radical (unpaired) electrons. The van der Waals surface area contributed by atoms with E-state index < -0.39 is 6.10 Å². The highest BCUT2D eigenvalue weighted by molar-refractivity contribution is 5.84. The molecular formula is C20H29NO2. The average Bonchev–Trinajstić information content (AvgIpc) is 2.93. The third-order valence-corrected chi connectivity index (χ3v) is 5.91. The summed E-state index contributed by atoms with van der Waals surface area (Å²) in [5.41, 5.74) is 2.13.